The molecule has 1 aromatic heterocycles. The van der Waals surface area contributed by atoms with Gasteiger partial charge in [-0.05, 0) is 50.1 Å². The number of anilines is 1. The number of fused-ring (bicyclic) bond motifs is 1. The zero-order valence-electron chi connectivity index (χ0n) is 22.5. The Hall–Kier alpha value is -4.50. The van der Waals surface area contributed by atoms with Crippen LogP contribution in [0.15, 0.2) is 78.5 Å². The van der Waals surface area contributed by atoms with Crippen molar-refractivity contribution >= 4 is 34.4 Å². The molecule has 9 heteroatoms. The number of hydrogen-bond acceptors (Lipinski definition) is 9. The minimum atomic E-state index is -0.407. The molecule has 1 aliphatic carbocycles. The second-order valence-corrected chi connectivity index (χ2v) is 9.54. The largest absolute Gasteiger partial charge is 0.493 e. The van der Waals surface area contributed by atoms with E-state index < -0.39 is 11.6 Å². The maximum absolute atomic E-state index is 12.8. The highest BCUT2D eigenvalue weighted by Gasteiger charge is 2.23. The van der Waals surface area contributed by atoms with E-state index in [4.69, 9.17) is 14.2 Å². The lowest BCUT2D eigenvalue weighted by molar-refractivity contribution is -0.117. The number of hydrogen-bond donors (Lipinski definition) is 1. The minimum absolute atomic E-state index is 0.00556. The van der Waals surface area contributed by atoms with Gasteiger partial charge >= 0.3 is 0 Å². The highest BCUT2D eigenvalue weighted by Crippen LogP contribution is 2.34. The van der Waals surface area contributed by atoms with Crippen molar-refractivity contribution in [1.82, 2.24) is 14.9 Å². The lowest BCUT2D eigenvalue weighted by atomic mass is 10.1. The summed E-state index contributed by atoms with van der Waals surface area (Å²) in [5.74, 6) is 0.698. The second kappa shape index (κ2) is 13.0. The standard InChI is InChI=1S/C31H32N4O5/c1-38-29-17-23-24(19-30(29)40-16-8-14-35-12-5-6-13-35)32-21-33-31(23)34-25-18-27(37)28(20-26(25)36)39-15-7-11-22-9-3-2-4-10-22/h2-4,7,9-11,17-21H,5-6,8,12-16H2,1H3,(H,32,33,34). The molecule has 1 N–H and O–H groups in total. The second-order valence-electron chi connectivity index (χ2n) is 9.54. The third kappa shape index (κ3) is 6.73. The van der Waals surface area contributed by atoms with Crippen LogP contribution in [-0.2, 0) is 14.3 Å². The molecule has 0 atom stereocenters. The van der Waals surface area contributed by atoms with Gasteiger partial charge in [-0.15, -0.1) is 0 Å². The zero-order chi connectivity index (χ0) is 27.7. The molecule has 3 aromatic rings. The Morgan fingerprint density at radius 1 is 0.975 bits per heavy atom. The summed E-state index contributed by atoms with van der Waals surface area (Å²) < 4.78 is 17.1. The number of nitrogens with one attached hydrogen (secondary N) is 1. The van der Waals surface area contributed by atoms with Crippen LogP contribution < -0.4 is 14.8 Å². The molecule has 2 heterocycles. The minimum Gasteiger partial charge on any atom is -0.493 e. The Morgan fingerprint density at radius 2 is 1.80 bits per heavy atom. The Balaban J connectivity index is 1.23. The molecule has 5 rings (SSSR count). The van der Waals surface area contributed by atoms with Crippen LogP contribution in [0.25, 0.3) is 17.0 Å². The van der Waals surface area contributed by atoms with Crippen LogP contribution in [0.3, 0.4) is 0 Å². The molecule has 0 saturated carbocycles. The molecule has 1 saturated heterocycles. The van der Waals surface area contributed by atoms with E-state index in [0.717, 1.165) is 31.6 Å². The summed E-state index contributed by atoms with van der Waals surface area (Å²) in [4.78, 5) is 36.6. The van der Waals surface area contributed by atoms with Crippen LogP contribution in [0.2, 0.25) is 0 Å². The van der Waals surface area contributed by atoms with E-state index in [-0.39, 0.29) is 18.1 Å². The summed E-state index contributed by atoms with van der Waals surface area (Å²) in [6.07, 6.45) is 10.9. The van der Waals surface area contributed by atoms with E-state index in [2.05, 4.69) is 20.2 Å². The van der Waals surface area contributed by atoms with Gasteiger partial charge in [0.15, 0.2) is 17.3 Å². The topological polar surface area (TPSA) is 103 Å². The summed E-state index contributed by atoms with van der Waals surface area (Å²) in [5.41, 5.74) is 1.73. The van der Waals surface area contributed by atoms with Gasteiger partial charge < -0.3 is 24.4 Å². The van der Waals surface area contributed by atoms with Crippen molar-refractivity contribution in [2.45, 2.75) is 19.3 Å². The molecule has 9 nitrogen and oxygen atoms in total. The van der Waals surface area contributed by atoms with Gasteiger partial charge in [-0.1, -0.05) is 36.4 Å². The van der Waals surface area contributed by atoms with E-state index >= 15 is 0 Å². The highest BCUT2D eigenvalue weighted by molar-refractivity contribution is 6.20. The summed E-state index contributed by atoms with van der Waals surface area (Å²) in [5, 5.41) is 3.62. The van der Waals surface area contributed by atoms with E-state index in [0.29, 0.717) is 34.8 Å². The Bertz CT molecular complexity index is 1460. The number of ketones is 2. The summed E-state index contributed by atoms with van der Waals surface area (Å²) in [7, 11) is 1.57. The number of benzene rings is 2. The van der Waals surface area contributed by atoms with E-state index in [9.17, 15) is 9.59 Å². The third-order valence-corrected chi connectivity index (χ3v) is 6.74. The van der Waals surface area contributed by atoms with E-state index in [1.54, 1.807) is 25.3 Å². The quantitative estimate of drug-likeness (QED) is 0.261. The smallest absolute Gasteiger partial charge is 0.222 e. The fourth-order valence-electron chi connectivity index (χ4n) is 4.68. The van der Waals surface area contributed by atoms with Gasteiger partial charge in [0.2, 0.25) is 11.6 Å². The first kappa shape index (κ1) is 27.1. The van der Waals surface area contributed by atoms with Crippen molar-refractivity contribution in [3.63, 3.8) is 0 Å². The molecule has 1 fully saturated rings. The molecule has 40 heavy (non-hydrogen) atoms. The number of carbonyl (C=O) groups is 2. The molecular formula is C31H32N4O5. The molecule has 0 unspecified atom stereocenters. The first-order chi connectivity index (χ1) is 19.6. The lowest BCUT2D eigenvalue weighted by Crippen LogP contribution is -2.22. The average Bonchev–Trinajstić information content (AvgIpc) is 3.50. The number of carbonyl (C=O) groups excluding carboxylic acids is 2. The zero-order valence-corrected chi connectivity index (χ0v) is 22.5. The predicted octanol–water partition coefficient (Wildman–Crippen LogP) is 4.56. The van der Waals surface area contributed by atoms with E-state index in [1.165, 1.54) is 31.3 Å². The maximum atomic E-state index is 12.8. The summed E-state index contributed by atoms with van der Waals surface area (Å²) in [6, 6.07) is 13.3. The third-order valence-electron chi connectivity index (χ3n) is 6.74. The molecule has 0 radical (unpaired) electrons. The summed E-state index contributed by atoms with van der Waals surface area (Å²) >= 11 is 0. The van der Waals surface area contributed by atoms with Gasteiger partial charge in [0.25, 0.3) is 0 Å². The number of rotatable bonds is 12. The van der Waals surface area contributed by atoms with Crippen molar-refractivity contribution in [3.05, 3.63) is 84.0 Å². The number of likely N-dealkylation sites (tertiary alicyclic amines) is 1. The number of nitrogens with zero attached hydrogens (tertiary/aromatic N) is 3. The van der Waals surface area contributed by atoms with Gasteiger partial charge in [-0.2, -0.15) is 0 Å². The average molecular weight is 541 g/mol. The monoisotopic (exact) mass is 540 g/mol. The van der Waals surface area contributed by atoms with Gasteiger partial charge in [0.05, 0.1) is 24.9 Å². The van der Waals surface area contributed by atoms with Crippen molar-refractivity contribution in [2.24, 2.45) is 0 Å². The molecular weight excluding hydrogens is 508 g/mol. The van der Waals surface area contributed by atoms with Crippen molar-refractivity contribution < 1.29 is 23.8 Å². The summed E-state index contributed by atoms with van der Waals surface area (Å²) in [6.45, 7) is 4.06. The van der Waals surface area contributed by atoms with Crippen molar-refractivity contribution in [3.8, 4) is 11.5 Å². The van der Waals surface area contributed by atoms with Gasteiger partial charge in [0.1, 0.15) is 18.8 Å². The predicted molar refractivity (Wildman–Crippen MR) is 153 cm³/mol. The molecule has 0 bridgehead atoms. The normalized spacial score (nSPS) is 15.8. The van der Waals surface area contributed by atoms with E-state index in [1.807, 2.05) is 36.4 Å². The maximum Gasteiger partial charge on any atom is 0.222 e. The first-order valence-corrected chi connectivity index (χ1v) is 13.4. The molecule has 206 valence electrons. The van der Waals surface area contributed by atoms with Crippen LogP contribution in [0.5, 0.6) is 11.5 Å². The Kier molecular flexibility index (Phi) is 8.83. The van der Waals surface area contributed by atoms with Gasteiger partial charge in [0, 0.05) is 30.1 Å². The van der Waals surface area contributed by atoms with Gasteiger partial charge in [-0.25, -0.2) is 9.97 Å². The number of ether oxygens (including phenoxy) is 3. The number of allylic oxidation sites excluding steroid dienone is 2. The molecule has 1 aliphatic heterocycles. The Labute approximate surface area is 233 Å². The van der Waals surface area contributed by atoms with Crippen molar-refractivity contribution in [1.29, 1.82) is 0 Å². The lowest BCUT2D eigenvalue weighted by Gasteiger charge is -2.17. The fraction of sp³-hybridized carbons (Fsp3) is 0.290. The molecule has 0 amide bonds. The van der Waals surface area contributed by atoms with Gasteiger partial charge in [-0.3, -0.25) is 9.59 Å². The molecule has 2 aromatic carbocycles. The molecule has 0 spiro atoms. The van der Waals surface area contributed by atoms with Crippen LogP contribution in [0.1, 0.15) is 24.8 Å². The molecule has 2 aliphatic rings. The Morgan fingerprint density at radius 3 is 2.60 bits per heavy atom. The number of methoxy groups -OCH3 is 1. The van der Waals surface area contributed by atoms with Crippen LogP contribution in [-0.4, -0.2) is 66.4 Å². The van der Waals surface area contributed by atoms with Crippen LogP contribution in [0.4, 0.5) is 5.82 Å². The fourth-order valence-corrected chi connectivity index (χ4v) is 4.68. The van der Waals surface area contributed by atoms with Crippen molar-refractivity contribution in [2.75, 3.05) is 45.3 Å². The van der Waals surface area contributed by atoms with Crippen LogP contribution in [0, 0.1) is 0 Å². The SMILES string of the molecule is COc1cc2c(NC3=CC(=O)C(OCC=Cc4ccccc4)=CC3=O)ncnc2cc1OCCCN1CCCC1. The number of aromatic nitrogens is 2. The first-order valence-electron chi connectivity index (χ1n) is 13.4. The van der Waals surface area contributed by atoms with Crippen LogP contribution >= 0.6 is 0 Å². The highest BCUT2D eigenvalue weighted by atomic mass is 16.5.